The largest absolute Gasteiger partial charge is 0.456 e. The van der Waals surface area contributed by atoms with Gasteiger partial charge in [0.25, 0.3) is 0 Å². The Labute approximate surface area is 763 Å². The van der Waals surface area contributed by atoms with Crippen molar-refractivity contribution in [2.45, 2.75) is 6.42 Å². The van der Waals surface area contributed by atoms with Gasteiger partial charge in [-0.1, -0.05) is 309 Å². The number of thiophene rings is 2. The van der Waals surface area contributed by atoms with Gasteiger partial charge in [0, 0.05) is 129 Å². The van der Waals surface area contributed by atoms with Crippen LogP contribution in [0.3, 0.4) is 0 Å². The monoisotopic (exact) mass is 1730 g/mol. The Morgan fingerprint density at radius 1 is 0.237 bits per heavy atom. The van der Waals surface area contributed by atoms with E-state index in [1.165, 1.54) is 116 Å². The Morgan fingerprint density at radius 3 is 1.23 bits per heavy atom. The second-order valence-electron chi connectivity index (χ2n) is 33.6. The van der Waals surface area contributed by atoms with Crippen LogP contribution < -0.4 is 0 Å². The molecule has 0 radical (unpaired) electrons. The van der Waals surface area contributed by atoms with Crippen LogP contribution in [0.5, 0.6) is 0 Å². The summed E-state index contributed by atoms with van der Waals surface area (Å²) in [7, 11) is 0. The highest BCUT2D eigenvalue weighted by Gasteiger charge is 2.27. The van der Waals surface area contributed by atoms with E-state index in [-0.39, 0.29) is 0 Å². The molecule has 0 atom stereocenters. The van der Waals surface area contributed by atoms with Crippen molar-refractivity contribution in [1.82, 2.24) is 34.5 Å². The van der Waals surface area contributed by atoms with Crippen LogP contribution in [0, 0.1) is 0 Å². The van der Waals surface area contributed by atoms with E-state index in [1.807, 2.05) is 78.9 Å². The van der Waals surface area contributed by atoms with Crippen LogP contribution in [0.1, 0.15) is 11.1 Å². The SMILES string of the molecule is Clc1cc(-c2nc(-c3cccc(-c4ccccc4)c3)nc(-c3ccc4sc5ccccc5c4c3)n2)c2c(c1)oc1ccccc12.c1ccc(-c2cccc(-c3nc(-c4ccc5sc6ccccc6c5c4)nc(-c4cc(-n5c6cc7ccccc7cc6c6ccc7ccccc7c65)cc5oc6ccccc6c45)n3)c2)cc1.c1ccc2cc3c(cc2c1)Cc1c-3ccc2ccccc12. The Morgan fingerprint density at radius 2 is 0.656 bits per heavy atom. The molecule has 612 valence electrons. The van der Waals surface area contributed by atoms with Gasteiger partial charge in [0.15, 0.2) is 34.9 Å². The number of nitrogens with zero attached hydrogens (tertiary/aromatic N) is 7. The predicted molar refractivity (Wildman–Crippen MR) is 548 cm³/mol. The fraction of sp³-hybridized carbons (Fsp3) is 0.00840. The molecule has 9 nitrogen and oxygen atoms in total. The normalized spacial score (nSPS) is 12.0. The zero-order valence-corrected chi connectivity index (χ0v) is 72.5. The first kappa shape index (κ1) is 75.9. The molecule has 0 spiro atoms. The van der Waals surface area contributed by atoms with E-state index in [1.54, 1.807) is 22.7 Å². The van der Waals surface area contributed by atoms with E-state index in [9.17, 15) is 0 Å². The number of aromatic nitrogens is 7. The predicted octanol–water partition coefficient (Wildman–Crippen LogP) is 33.2. The van der Waals surface area contributed by atoms with E-state index in [2.05, 4.69) is 338 Å². The van der Waals surface area contributed by atoms with Crippen molar-refractivity contribution in [1.29, 1.82) is 0 Å². The summed E-state index contributed by atoms with van der Waals surface area (Å²) in [6.45, 7) is 0. The van der Waals surface area contributed by atoms with E-state index in [0.29, 0.717) is 45.6 Å². The fourth-order valence-electron chi connectivity index (χ4n) is 19.7. The molecule has 1 aliphatic carbocycles. The summed E-state index contributed by atoms with van der Waals surface area (Å²) in [5.74, 6) is 3.49. The van der Waals surface area contributed by atoms with Crippen molar-refractivity contribution in [3.05, 3.63) is 429 Å². The van der Waals surface area contributed by atoms with Crippen molar-refractivity contribution in [3.8, 4) is 107 Å². The molecule has 0 saturated carbocycles. The van der Waals surface area contributed by atoms with E-state index < -0.39 is 0 Å². The minimum Gasteiger partial charge on any atom is -0.456 e. The molecule has 0 unspecified atom stereocenters. The van der Waals surface area contributed by atoms with Gasteiger partial charge in [-0.15, -0.1) is 22.7 Å². The molecular formula is C119H70ClN7O2S2. The van der Waals surface area contributed by atoms with Gasteiger partial charge in [0.1, 0.15) is 22.3 Å². The first-order valence-electron chi connectivity index (χ1n) is 43.9. The molecule has 0 bridgehead atoms. The zero-order chi connectivity index (χ0) is 86.3. The van der Waals surface area contributed by atoms with Crippen LogP contribution in [0.25, 0.3) is 257 Å². The Kier molecular flexibility index (Phi) is 17.9. The maximum atomic E-state index is 6.83. The lowest BCUT2D eigenvalue weighted by atomic mass is 9.98. The molecule has 12 heteroatoms. The van der Waals surface area contributed by atoms with Crippen molar-refractivity contribution >= 4 is 183 Å². The summed E-state index contributed by atoms with van der Waals surface area (Å²) in [5, 5.41) is 21.8. The first-order chi connectivity index (χ1) is 64.8. The standard InChI is InChI=1S/C59H34N4OS.C39H22ClN3OS.C21H14/c1-2-13-35(14-3-1)37-18-12-19-40(29-37)57-60-58(41-26-28-54-48(31-41)44-21-9-11-24-53(44)65-54)62-59(61-57)49-33-42(34-52-55(49)46-22-8-10-23-51(46)64-52)63-50-32-39-17-5-4-16-38(39)30-47(50)45-27-25-36-15-6-7-20-43(36)56(45)63;40-27-21-31(36-29-14-4-6-15-32(29)44-33(36)22-27)39-42-37(25-12-8-11-24(19-25)23-9-2-1-3-10-23)41-38(43-39)26-17-18-35-30(20-26)28-13-5-7-16-34(28)45-35;1-2-7-16-12-20-17(11-15(16)6-1)13-21-18-8-4-3-5-14(18)9-10-19(20)21/h1-34H;1-22H;1-12H,13H2. The number of rotatable bonds is 9. The Balaban J connectivity index is 0.000000117. The van der Waals surface area contributed by atoms with Crippen LogP contribution in [0.2, 0.25) is 5.02 Å². The van der Waals surface area contributed by atoms with E-state index in [4.69, 9.17) is 50.3 Å². The molecule has 0 saturated heterocycles. The lowest BCUT2D eigenvalue weighted by molar-refractivity contribution is 0.668. The van der Waals surface area contributed by atoms with Gasteiger partial charge in [0.2, 0.25) is 0 Å². The topological polar surface area (TPSA) is 109 Å². The molecular weight excluding hydrogens is 1660 g/mol. The molecule has 20 aromatic carbocycles. The third-order valence-electron chi connectivity index (χ3n) is 25.8. The van der Waals surface area contributed by atoms with Gasteiger partial charge in [-0.2, -0.15) is 0 Å². The molecule has 27 aromatic rings. The van der Waals surface area contributed by atoms with Crippen LogP contribution in [-0.4, -0.2) is 34.5 Å². The highest BCUT2D eigenvalue weighted by molar-refractivity contribution is 7.26. The molecule has 0 fully saturated rings. The minimum absolute atomic E-state index is 0.537. The van der Waals surface area contributed by atoms with Crippen molar-refractivity contribution in [2.75, 3.05) is 0 Å². The number of para-hydroxylation sites is 2. The maximum absolute atomic E-state index is 6.83. The van der Waals surface area contributed by atoms with Crippen LogP contribution in [0.15, 0.2) is 421 Å². The zero-order valence-electron chi connectivity index (χ0n) is 70.1. The average Bonchev–Trinajstić information content (AvgIpc) is 1.55. The van der Waals surface area contributed by atoms with Crippen LogP contribution in [0.4, 0.5) is 0 Å². The van der Waals surface area contributed by atoms with Crippen molar-refractivity contribution in [2.24, 2.45) is 0 Å². The van der Waals surface area contributed by atoms with Crippen molar-refractivity contribution < 1.29 is 8.83 Å². The van der Waals surface area contributed by atoms with Gasteiger partial charge >= 0.3 is 0 Å². The lowest BCUT2D eigenvalue weighted by Crippen LogP contribution is -2.02. The van der Waals surface area contributed by atoms with Gasteiger partial charge in [0.05, 0.1) is 16.7 Å². The fourth-order valence-corrected chi connectivity index (χ4v) is 22.1. The maximum Gasteiger partial charge on any atom is 0.164 e. The molecule has 131 heavy (non-hydrogen) atoms. The number of halogens is 1. The summed E-state index contributed by atoms with van der Waals surface area (Å²) in [6.07, 6.45) is 1.05. The summed E-state index contributed by atoms with van der Waals surface area (Å²) in [6, 6.07) is 145. The smallest absolute Gasteiger partial charge is 0.164 e. The molecule has 0 aliphatic heterocycles. The summed E-state index contributed by atoms with van der Waals surface area (Å²) >= 11 is 10.3. The van der Waals surface area contributed by atoms with Gasteiger partial charge in [-0.05, 0) is 192 Å². The van der Waals surface area contributed by atoms with Crippen LogP contribution in [-0.2, 0) is 6.42 Å². The Hall–Kier alpha value is -16.4. The number of fused-ring (bicyclic) bond motifs is 24. The minimum atomic E-state index is 0.537. The van der Waals surface area contributed by atoms with Crippen molar-refractivity contribution in [3.63, 3.8) is 0 Å². The second-order valence-corrected chi connectivity index (χ2v) is 36.2. The first-order valence-corrected chi connectivity index (χ1v) is 45.9. The number of benzene rings is 20. The van der Waals surface area contributed by atoms with Gasteiger partial charge < -0.3 is 13.4 Å². The number of hydrogen-bond donors (Lipinski definition) is 0. The summed E-state index contributed by atoms with van der Waals surface area (Å²) in [5.41, 5.74) is 21.8. The number of hydrogen-bond acceptors (Lipinski definition) is 10. The highest BCUT2D eigenvalue weighted by Crippen LogP contribution is 2.48. The molecule has 1 aliphatic rings. The molecule has 28 rings (SSSR count). The number of furan rings is 2. The summed E-state index contributed by atoms with van der Waals surface area (Å²) < 4.78 is 20.4. The van der Waals surface area contributed by atoms with Gasteiger partial charge in [-0.3, -0.25) is 0 Å². The summed E-state index contributed by atoms with van der Waals surface area (Å²) in [4.78, 5) is 31.5. The second kappa shape index (κ2) is 31.0. The highest BCUT2D eigenvalue weighted by atomic mass is 35.5. The molecule has 7 heterocycles. The van der Waals surface area contributed by atoms with E-state index >= 15 is 0 Å². The van der Waals surface area contributed by atoms with Crippen LogP contribution >= 0.6 is 34.3 Å². The third-order valence-corrected chi connectivity index (χ3v) is 28.4. The van der Waals surface area contributed by atoms with Gasteiger partial charge in [-0.25, -0.2) is 29.9 Å². The lowest BCUT2D eigenvalue weighted by Gasteiger charge is -2.14. The quantitative estimate of drug-likeness (QED) is 0.141. The molecule has 0 amide bonds. The van der Waals surface area contributed by atoms with E-state index in [0.717, 1.165) is 117 Å². The third kappa shape index (κ3) is 13.2. The molecule has 0 N–H and O–H groups in total. The Bertz CT molecular complexity index is 9400. The molecule has 7 aromatic heterocycles. The average molecular weight is 1730 g/mol.